The number of hydroxylamine groups is 1. The summed E-state index contributed by atoms with van der Waals surface area (Å²) >= 11 is 0. The van der Waals surface area contributed by atoms with E-state index in [2.05, 4.69) is 10.1 Å². The smallest absolute Gasteiger partial charge is 0.265 e. The van der Waals surface area contributed by atoms with Gasteiger partial charge in [0.05, 0.1) is 17.1 Å². The lowest BCUT2D eigenvalue weighted by molar-refractivity contribution is -0.134. The molecule has 0 radical (unpaired) electrons. The average Bonchev–Trinajstić information content (AvgIpc) is 3.35. The van der Waals surface area contributed by atoms with Gasteiger partial charge < -0.3 is 14.0 Å². The maximum absolute atomic E-state index is 14.1. The Bertz CT molecular complexity index is 1320. The van der Waals surface area contributed by atoms with Crippen molar-refractivity contribution in [2.45, 2.75) is 42.2 Å². The van der Waals surface area contributed by atoms with Gasteiger partial charge >= 0.3 is 0 Å². The number of nitrogens with one attached hydrogen (secondary N) is 1. The van der Waals surface area contributed by atoms with Gasteiger partial charge in [-0.05, 0) is 68.1 Å². The molecule has 2 aromatic carbocycles. The molecule has 3 aromatic rings. The molecule has 1 aliphatic rings. The van der Waals surface area contributed by atoms with Gasteiger partial charge in [-0.2, -0.15) is 4.98 Å². The highest BCUT2D eigenvalue weighted by molar-refractivity contribution is 7.93. The van der Waals surface area contributed by atoms with Crippen LogP contribution in [0.2, 0.25) is 0 Å². The average molecular weight is 520 g/mol. The molecule has 192 valence electrons. The van der Waals surface area contributed by atoms with Gasteiger partial charge in [-0.3, -0.25) is 10.0 Å². The molecular weight excluding hydrogens is 493 g/mol. The quantitative estimate of drug-likeness (QED) is 0.248. The predicted molar refractivity (Wildman–Crippen MR) is 125 cm³/mol. The Morgan fingerprint density at radius 2 is 1.92 bits per heavy atom. The molecule has 12 heteroatoms. The summed E-state index contributed by atoms with van der Waals surface area (Å²) in [7, 11) is -4.10. The molecule has 1 aliphatic heterocycles. The Kier molecular flexibility index (Phi) is 7.67. The summed E-state index contributed by atoms with van der Waals surface area (Å²) in [5.74, 6) is -0.429. The molecule has 1 aromatic heterocycles. The van der Waals surface area contributed by atoms with Gasteiger partial charge in [0.1, 0.15) is 11.6 Å². The van der Waals surface area contributed by atoms with Crippen LogP contribution >= 0.6 is 0 Å². The van der Waals surface area contributed by atoms with Gasteiger partial charge in [0, 0.05) is 19.6 Å². The maximum Gasteiger partial charge on any atom is 0.265 e. The highest BCUT2D eigenvalue weighted by Gasteiger charge is 2.52. The zero-order valence-electron chi connectivity index (χ0n) is 19.6. The van der Waals surface area contributed by atoms with Crippen LogP contribution in [0.1, 0.15) is 30.7 Å². The van der Waals surface area contributed by atoms with Crippen LogP contribution in [0.4, 0.5) is 4.39 Å². The van der Waals surface area contributed by atoms with Gasteiger partial charge in [0.25, 0.3) is 5.91 Å². The number of aromatic nitrogens is 2. The van der Waals surface area contributed by atoms with E-state index in [1.807, 2.05) is 0 Å². The van der Waals surface area contributed by atoms with Gasteiger partial charge in [0.15, 0.2) is 14.6 Å². The van der Waals surface area contributed by atoms with Crippen molar-refractivity contribution in [3.63, 3.8) is 0 Å². The van der Waals surface area contributed by atoms with Crippen molar-refractivity contribution in [1.82, 2.24) is 15.6 Å². The van der Waals surface area contributed by atoms with E-state index in [1.54, 1.807) is 19.1 Å². The van der Waals surface area contributed by atoms with Gasteiger partial charge in [-0.25, -0.2) is 18.3 Å². The number of ether oxygens (including phenoxy) is 2. The number of benzene rings is 2. The van der Waals surface area contributed by atoms with E-state index in [1.165, 1.54) is 35.8 Å². The predicted octanol–water partition coefficient (Wildman–Crippen LogP) is 3.02. The first-order valence-electron chi connectivity index (χ1n) is 11.4. The molecule has 0 atom stereocenters. The van der Waals surface area contributed by atoms with Crippen molar-refractivity contribution < 1.29 is 36.8 Å². The van der Waals surface area contributed by atoms with Crippen LogP contribution in [-0.2, 0) is 25.8 Å². The van der Waals surface area contributed by atoms with E-state index in [9.17, 15) is 17.6 Å². The fourth-order valence-corrected chi connectivity index (χ4v) is 5.98. The molecule has 2 N–H and O–H groups in total. The minimum absolute atomic E-state index is 0.0536. The standard InChI is InChI=1S/C24H26FN3O7S/c1-16-4-9-19(20(25)15-16)22-26-21(35-28-22)3-2-12-34-17-5-7-18(8-6-17)36(31,32)24(23(29)27-30)10-13-33-14-11-24/h4-9,15,30H,2-3,10-14H2,1H3,(H,27,29). The number of rotatable bonds is 9. The highest BCUT2D eigenvalue weighted by Crippen LogP contribution is 2.35. The van der Waals surface area contributed by atoms with Gasteiger partial charge in [-0.15, -0.1) is 0 Å². The molecule has 1 fully saturated rings. The molecule has 36 heavy (non-hydrogen) atoms. The normalized spacial score (nSPS) is 15.4. The topological polar surface area (TPSA) is 141 Å². The Morgan fingerprint density at radius 1 is 1.19 bits per heavy atom. The van der Waals surface area contributed by atoms with E-state index in [4.69, 9.17) is 19.2 Å². The third kappa shape index (κ3) is 5.11. The van der Waals surface area contributed by atoms with E-state index in [0.717, 1.165) is 5.56 Å². The minimum Gasteiger partial charge on any atom is -0.494 e. The number of nitrogens with zero attached hydrogens (tertiary/aromatic N) is 2. The first-order valence-corrected chi connectivity index (χ1v) is 12.8. The number of carbonyl (C=O) groups excluding carboxylic acids is 1. The molecule has 0 spiro atoms. The molecule has 0 aliphatic carbocycles. The lowest BCUT2D eigenvalue weighted by Gasteiger charge is -2.34. The lowest BCUT2D eigenvalue weighted by Crippen LogP contribution is -2.54. The van der Waals surface area contributed by atoms with Crippen molar-refractivity contribution in [3.05, 3.63) is 59.7 Å². The summed E-state index contributed by atoms with van der Waals surface area (Å²) in [6.45, 7) is 2.26. The number of hydrogen-bond acceptors (Lipinski definition) is 9. The van der Waals surface area contributed by atoms with Gasteiger partial charge in [-0.1, -0.05) is 11.2 Å². The molecule has 0 saturated carbocycles. The first-order chi connectivity index (χ1) is 17.3. The highest BCUT2D eigenvalue weighted by atomic mass is 32.2. The molecule has 0 unspecified atom stereocenters. The summed E-state index contributed by atoms with van der Waals surface area (Å²) in [6, 6.07) is 10.5. The fourth-order valence-electron chi connectivity index (χ4n) is 4.04. The second kappa shape index (κ2) is 10.7. The molecule has 4 rings (SSSR count). The summed E-state index contributed by atoms with van der Waals surface area (Å²) in [4.78, 5) is 16.5. The molecule has 1 amide bonds. The van der Waals surface area contributed by atoms with Crippen molar-refractivity contribution in [2.75, 3.05) is 19.8 Å². The van der Waals surface area contributed by atoms with Crippen molar-refractivity contribution in [3.8, 4) is 17.1 Å². The molecule has 10 nitrogen and oxygen atoms in total. The summed E-state index contributed by atoms with van der Waals surface area (Å²) in [6.07, 6.45) is 0.813. The Balaban J connectivity index is 1.34. The monoisotopic (exact) mass is 519 g/mol. The zero-order chi connectivity index (χ0) is 25.8. The molecular formula is C24H26FN3O7S. The number of carbonyl (C=O) groups is 1. The number of aryl methyl sites for hydroxylation is 2. The Morgan fingerprint density at radius 3 is 2.58 bits per heavy atom. The first kappa shape index (κ1) is 25.7. The largest absolute Gasteiger partial charge is 0.494 e. The summed E-state index contributed by atoms with van der Waals surface area (Å²) < 4.78 is 54.9. The third-order valence-electron chi connectivity index (χ3n) is 6.10. The van der Waals surface area contributed by atoms with E-state index < -0.39 is 26.3 Å². The van der Waals surface area contributed by atoms with Crippen LogP contribution in [-0.4, -0.2) is 54.2 Å². The van der Waals surface area contributed by atoms with Crippen molar-refractivity contribution in [1.29, 1.82) is 0 Å². The number of sulfone groups is 1. The van der Waals surface area contributed by atoms with Crippen LogP contribution in [0, 0.1) is 12.7 Å². The number of hydrogen-bond donors (Lipinski definition) is 2. The second-order valence-electron chi connectivity index (χ2n) is 8.47. The Labute approximate surface area is 207 Å². The SMILES string of the molecule is Cc1ccc(-c2noc(CCCOc3ccc(S(=O)(=O)C4(C(=O)NO)CCOCC4)cc3)n2)c(F)c1. The summed E-state index contributed by atoms with van der Waals surface area (Å²) in [5.41, 5.74) is 2.55. The Hall–Kier alpha value is -3.35. The van der Waals surface area contributed by atoms with Crippen LogP contribution in [0.15, 0.2) is 51.9 Å². The van der Waals surface area contributed by atoms with Crippen LogP contribution in [0.5, 0.6) is 5.75 Å². The van der Waals surface area contributed by atoms with Crippen LogP contribution in [0.3, 0.4) is 0 Å². The van der Waals surface area contributed by atoms with Crippen molar-refractivity contribution >= 4 is 15.7 Å². The van der Waals surface area contributed by atoms with Gasteiger partial charge in [0.2, 0.25) is 11.7 Å². The number of halogens is 1. The van der Waals surface area contributed by atoms with E-state index in [-0.39, 0.29) is 48.9 Å². The van der Waals surface area contributed by atoms with E-state index >= 15 is 0 Å². The molecule has 1 saturated heterocycles. The zero-order valence-corrected chi connectivity index (χ0v) is 20.4. The maximum atomic E-state index is 14.1. The second-order valence-corrected chi connectivity index (χ2v) is 10.7. The lowest BCUT2D eigenvalue weighted by atomic mass is 9.98. The van der Waals surface area contributed by atoms with Crippen LogP contribution in [0.25, 0.3) is 11.4 Å². The number of amides is 1. The summed E-state index contributed by atoms with van der Waals surface area (Å²) in [5, 5.41) is 13.0. The van der Waals surface area contributed by atoms with Crippen molar-refractivity contribution in [2.24, 2.45) is 0 Å². The fraction of sp³-hybridized carbons (Fsp3) is 0.375. The third-order valence-corrected chi connectivity index (χ3v) is 8.62. The van der Waals surface area contributed by atoms with E-state index in [0.29, 0.717) is 24.5 Å². The molecule has 0 bridgehead atoms. The minimum atomic E-state index is -4.10. The molecule has 2 heterocycles. The van der Waals surface area contributed by atoms with Crippen LogP contribution < -0.4 is 10.2 Å².